The molecule has 112 valence electrons. The molecule has 1 aromatic rings. The van der Waals surface area contributed by atoms with Crippen LogP contribution in [0.15, 0.2) is 17.0 Å². The van der Waals surface area contributed by atoms with E-state index in [2.05, 4.69) is 0 Å². The van der Waals surface area contributed by atoms with Crippen molar-refractivity contribution >= 4 is 21.4 Å². The molecule has 10 heteroatoms. The van der Waals surface area contributed by atoms with Gasteiger partial charge in [0.2, 0.25) is 10.0 Å². The van der Waals surface area contributed by atoms with Crippen LogP contribution in [-0.2, 0) is 10.0 Å². The number of rotatable bonds is 5. The van der Waals surface area contributed by atoms with Crippen molar-refractivity contribution in [2.75, 3.05) is 12.5 Å². The number of hydrogen-bond acceptors (Lipinski definition) is 6. The normalized spacial score (nSPS) is 11.9. The number of nitrogens with two attached hydrogens (primary N) is 1. The van der Waals surface area contributed by atoms with E-state index in [1.54, 1.807) is 13.8 Å². The first-order valence-corrected chi connectivity index (χ1v) is 6.99. The maximum absolute atomic E-state index is 14.0. The number of halogens is 1. The van der Waals surface area contributed by atoms with E-state index >= 15 is 0 Å². The van der Waals surface area contributed by atoms with E-state index in [4.69, 9.17) is 5.84 Å². The number of sulfonamides is 1. The summed E-state index contributed by atoms with van der Waals surface area (Å²) in [6, 6.07) is 0.992. The van der Waals surface area contributed by atoms with Crippen molar-refractivity contribution in [1.82, 2.24) is 4.31 Å². The molecular weight excluding hydrogens is 291 g/mol. The summed E-state index contributed by atoms with van der Waals surface area (Å²) in [5.41, 5.74) is 1.01. The van der Waals surface area contributed by atoms with Crippen LogP contribution in [0, 0.1) is 15.9 Å². The Hall–Kier alpha value is -1.78. The Morgan fingerprint density at radius 1 is 1.45 bits per heavy atom. The maximum atomic E-state index is 14.0. The zero-order valence-corrected chi connectivity index (χ0v) is 11.9. The standard InChI is InChI=1S/C10H15FN4O4S/c1-6(2)14(3)20(18,19)10-8(11)4-7(15(16)17)5-9(10)13-12/h4-6,13H,12H2,1-3H3. The number of nitro groups is 1. The van der Waals surface area contributed by atoms with Gasteiger partial charge in [0.25, 0.3) is 5.69 Å². The highest BCUT2D eigenvalue weighted by Crippen LogP contribution is 2.31. The molecule has 0 atom stereocenters. The lowest BCUT2D eigenvalue weighted by molar-refractivity contribution is -0.385. The van der Waals surface area contributed by atoms with Gasteiger partial charge in [-0.3, -0.25) is 16.0 Å². The number of hydrogen-bond donors (Lipinski definition) is 2. The van der Waals surface area contributed by atoms with Crippen LogP contribution in [-0.4, -0.2) is 30.7 Å². The van der Waals surface area contributed by atoms with E-state index in [1.807, 2.05) is 5.43 Å². The Morgan fingerprint density at radius 2 is 2.00 bits per heavy atom. The zero-order valence-electron chi connectivity index (χ0n) is 11.1. The Labute approximate surface area is 115 Å². The highest BCUT2D eigenvalue weighted by atomic mass is 32.2. The first kappa shape index (κ1) is 16.3. The van der Waals surface area contributed by atoms with Gasteiger partial charge in [-0.25, -0.2) is 12.8 Å². The molecule has 3 N–H and O–H groups in total. The Kier molecular flexibility index (Phi) is 4.63. The van der Waals surface area contributed by atoms with Crippen LogP contribution in [0.4, 0.5) is 15.8 Å². The summed E-state index contributed by atoms with van der Waals surface area (Å²) in [4.78, 5) is 9.07. The summed E-state index contributed by atoms with van der Waals surface area (Å²) in [5.74, 6) is 3.90. The third-order valence-corrected chi connectivity index (χ3v) is 4.87. The summed E-state index contributed by atoms with van der Waals surface area (Å²) in [5, 5.41) is 10.6. The number of benzene rings is 1. The molecule has 0 aliphatic carbocycles. The van der Waals surface area contributed by atoms with Gasteiger partial charge in [-0.2, -0.15) is 4.31 Å². The third-order valence-electron chi connectivity index (χ3n) is 2.76. The van der Waals surface area contributed by atoms with Gasteiger partial charge in [0.1, 0.15) is 4.90 Å². The monoisotopic (exact) mass is 306 g/mol. The lowest BCUT2D eigenvalue weighted by Crippen LogP contribution is -2.34. The minimum Gasteiger partial charge on any atom is -0.323 e. The molecule has 20 heavy (non-hydrogen) atoms. The van der Waals surface area contributed by atoms with E-state index in [9.17, 15) is 22.9 Å². The lowest BCUT2D eigenvalue weighted by atomic mass is 10.3. The highest BCUT2D eigenvalue weighted by molar-refractivity contribution is 7.89. The summed E-state index contributed by atoms with van der Waals surface area (Å²) in [6.07, 6.45) is 0. The molecule has 0 spiro atoms. The van der Waals surface area contributed by atoms with Gasteiger partial charge in [0, 0.05) is 19.2 Å². The quantitative estimate of drug-likeness (QED) is 0.477. The first-order chi connectivity index (χ1) is 9.12. The van der Waals surface area contributed by atoms with Crippen LogP contribution in [0.5, 0.6) is 0 Å². The topological polar surface area (TPSA) is 119 Å². The van der Waals surface area contributed by atoms with Gasteiger partial charge in [-0.15, -0.1) is 0 Å². The van der Waals surface area contributed by atoms with Gasteiger partial charge in [-0.1, -0.05) is 0 Å². The molecule has 0 aromatic heterocycles. The minimum atomic E-state index is -4.16. The van der Waals surface area contributed by atoms with Crippen molar-refractivity contribution in [2.24, 2.45) is 5.84 Å². The average molecular weight is 306 g/mol. The predicted molar refractivity (Wildman–Crippen MR) is 70.9 cm³/mol. The largest absolute Gasteiger partial charge is 0.323 e. The van der Waals surface area contributed by atoms with E-state index in [0.717, 1.165) is 10.4 Å². The van der Waals surface area contributed by atoms with Crippen molar-refractivity contribution < 1.29 is 17.7 Å². The lowest BCUT2D eigenvalue weighted by Gasteiger charge is -2.22. The van der Waals surface area contributed by atoms with E-state index in [-0.39, 0.29) is 5.69 Å². The number of nitrogen functional groups attached to an aromatic ring is 1. The van der Waals surface area contributed by atoms with E-state index in [1.165, 1.54) is 7.05 Å². The molecular formula is C10H15FN4O4S. The molecule has 0 saturated carbocycles. The molecule has 0 amide bonds. The smallest absolute Gasteiger partial charge is 0.274 e. The number of nitrogens with zero attached hydrogens (tertiary/aromatic N) is 2. The summed E-state index contributed by atoms with van der Waals surface area (Å²) >= 11 is 0. The Bertz CT molecular complexity index is 632. The molecule has 0 aliphatic heterocycles. The second-order valence-electron chi connectivity index (χ2n) is 4.32. The van der Waals surface area contributed by atoms with Crippen LogP contribution in [0.1, 0.15) is 13.8 Å². The van der Waals surface area contributed by atoms with Crippen LogP contribution in [0.25, 0.3) is 0 Å². The molecule has 0 saturated heterocycles. The molecule has 0 unspecified atom stereocenters. The second-order valence-corrected chi connectivity index (χ2v) is 6.26. The van der Waals surface area contributed by atoms with Crippen LogP contribution in [0.3, 0.4) is 0 Å². The SMILES string of the molecule is CC(C)N(C)S(=O)(=O)c1c(F)cc([N+](=O)[O-])cc1NN. The van der Waals surface area contributed by atoms with Crippen molar-refractivity contribution in [1.29, 1.82) is 0 Å². The first-order valence-electron chi connectivity index (χ1n) is 5.55. The van der Waals surface area contributed by atoms with Crippen LogP contribution >= 0.6 is 0 Å². The van der Waals surface area contributed by atoms with Gasteiger partial charge >= 0.3 is 0 Å². The van der Waals surface area contributed by atoms with Crippen molar-refractivity contribution in [3.8, 4) is 0 Å². The Balaban J connectivity index is 3.57. The number of nitro benzene ring substituents is 1. The fourth-order valence-corrected chi connectivity index (χ4v) is 3.02. The average Bonchev–Trinajstić information content (AvgIpc) is 2.35. The molecule has 1 rings (SSSR count). The van der Waals surface area contributed by atoms with Crippen LogP contribution in [0.2, 0.25) is 0 Å². The van der Waals surface area contributed by atoms with Gasteiger partial charge in [0.05, 0.1) is 16.7 Å². The van der Waals surface area contributed by atoms with E-state index in [0.29, 0.717) is 6.07 Å². The number of nitrogens with one attached hydrogen (secondary N) is 1. The van der Waals surface area contributed by atoms with E-state index < -0.39 is 37.4 Å². The molecule has 8 nitrogen and oxygen atoms in total. The van der Waals surface area contributed by atoms with Crippen molar-refractivity contribution in [3.05, 3.63) is 28.1 Å². The molecule has 0 aliphatic rings. The highest BCUT2D eigenvalue weighted by Gasteiger charge is 2.31. The fourth-order valence-electron chi connectivity index (χ4n) is 1.48. The van der Waals surface area contributed by atoms with Gasteiger partial charge < -0.3 is 5.43 Å². The molecule has 0 radical (unpaired) electrons. The molecule has 0 fully saturated rings. The number of anilines is 1. The van der Waals surface area contributed by atoms with Crippen LogP contribution < -0.4 is 11.3 Å². The number of hydrazine groups is 1. The Morgan fingerprint density at radius 3 is 2.40 bits per heavy atom. The third kappa shape index (κ3) is 2.86. The molecule has 1 aromatic carbocycles. The van der Waals surface area contributed by atoms with Gasteiger partial charge in [0.15, 0.2) is 5.82 Å². The summed E-state index contributed by atoms with van der Waals surface area (Å²) < 4.78 is 39.5. The summed E-state index contributed by atoms with van der Waals surface area (Å²) in [7, 11) is -2.88. The summed E-state index contributed by atoms with van der Waals surface area (Å²) in [6.45, 7) is 3.22. The molecule has 0 bridgehead atoms. The zero-order chi connectivity index (χ0) is 15.7. The minimum absolute atomic E-state index is 0.371. The fraction of sp³-hybridized carbons (Fsp3) is 0.400. The molecule has 0 heterocycles. The van der Waals surface area contributed by atoms with Gasteiger partial charge in [-0.05, 0) is 13.8 Å². The maximum Gasteiger partial charge on any atom is 0.274 e. The van der Waals surface area contributed by atoms with Crippen molar-refractivity contribution in [3.63, 3.8) is 0 Å². The number of non-ortho nitro benzene ring substituents is 1. The predicted octanol–water partition coefficient (Wildman–Crippen LogP) is 1.05. The second kappa shape index (κ2) is 5.69. The van der Waals surface area contributed by atoms with Crippen molar-refractivity contribution in [2.45, 2.75) is 24.8 Å².